The normalized spacial score (nSPS) is 28.7. The predicted octanol–water partition coefficient (Wildman–Crippen LogP) is 3.34. The van der Waals surface area contributed by atoms with E-state index in [0.29, 0.717) is 30.7 Å². The van der Waals surface area contributed by atoms with Crippen molar-refractivity contribution in [3.8, 4) is 0 Å². The van der Waals surface area contributed by atoms with Gasteiger partial charge in [0, 0.05) is 30.8 Å². The summed E-state index contributed by atoms with van der Waals surface area (Å²) in [7, 11) is -3.93. The minimum atomic E-state index is -3.93. The van der Waals surface area contributed by atoms with E-state index in [9.17, 15) is 37.2 Å². The highest BCUT2D eigenvalue weighted by molar-refractivity contribution is 7.91. The first-order valence-electron chi connectivity index (χ1n) is 20.4. The van der Waals surface area contributed by atoms with Gasteiger partial charge in [0.2, 0.25) is 33.7 Å². The number of nitrogens with zero attached hydrogens (tertiary/aromatic N) is 2. The fourth-order valence-corrected chi connectivity index (χ4v) is 10.5. The predicted molar refractivity (Wildman–Crippen MR) is 208 cm³/mol. The number of halogens is 1. The lowest BCUT2D eigenvalue weighted by molar-refractivity contribution is -0.143. The third kappa shape index (κ3) is 9.27. The SMILES string of the molecule is CC(=O)N[C@H](C(=O)N[C@H]1CCCCCC=C[C@@H]2C[C@@]2(C(=O)NS(=O)(=O)C2CC2)NC(=O)[C@@H]2C[C@@H](OC(=O)N3Cc4cccc(Cl)c4C3)CN2C1=O)C1CCCCC1. The van der Waals surface area contributed by atoms with Crippen LogP contribution < -0.4 is 20.7 Å². The average molecular weight is 829 g/mol. The van der Waals surface area contributed by atoms with Gasteiger partial charge in [0.05, 0.1) is 18.3 Å². The summed E-state index contributed by atoms with van der Waals surface area (Å²) >= 11 is 6.39. The second kappa shape index (κ2) is 17.0. The number of hydrogen-bond acceptors (Lipinski definition) is 9. The van der Waals surface area contributed by atoms with E-state index in [1.54, 1.807) is 12.1 Å². The van der Waals surface area contributed by atoms with Crippen molar-refractivity contribution in [3.63, 3.8) is 0 Å². The van der Waals surface area contributed by atoms with E-state index in [-0.39, 0.29) is 50.7 Å². The standard InChI is InChI=1S/C40H53ClN6O9S/c1-24(48)42-34(25-11-6-5-7-12-25)36(50)43-32-16-9-4-2-3-8-14-27-20-40(27,38(52)45-57(54,55)29-17-18-29)44-35(49)33-19-28(22-47(33)37(32)51)56-39(53)46-21-26-13-10-15-31(41)30(26)23-46/h8,10,13-15,25,27-29,32-34H,2-7,9,11-12,16-23H2,1H3,(H,42,48)(H,43,50)(H,44,49)(H,45,52)/t27-,28-,32+,33+,34+,40-/m1/s1. The first kappa shape index (κ1) is 41.0. The Kier molecular flexibility index (Phi) is 12.2. The Hall–Kier alpha value is -4.18. The number of benzene rings is 1. The third-order valence-corrected chi connectivity index (χ3v) is 14.5. The molecule has 0 bridgehead atoms. The molecule has 0 unspecified atom stereocenters. The van der Waals surface area contributed by atoms with Crippen molar-refractivity contribution < 1.29 is 41.9 Å². The Morgan fingerprint density at radius 2 is 1.72 bits per heavy atom. The molecule has 1 saturated heterocycles. The van der Waals surface area contributed by atoms with Gasteiger partial charge >= 0.3 is 6.09 Å². The largest absolute Gasteiger partial charge is 0.444 e. The molecule has 3 heterocycles. The van der Waals surface area contributed by atoms with Gasteiger partial charge in [0.25, 0.3) is 5.91 Å². The molecule has 6 atom stereocenters. The second-order valence-corrected chi connectivity index (χ2v) is 19.0. The van der Waals surface area contributed by atoms with Crippen molar-refractivity contribution in [2.75, 3.05) is 6.54 Å². The summed E-state index contributed by atoms with van der Waals surface area (Å²) in [5, 5.41) is 8.47. The Morgan fingerprint density at radius 3 is 2.44 bits per heavy atom. The molecule has 4 N–H and O–H groups in total. The second-order valence-electron chi connectivity index (χ2n) is 16.6. The molecule has 310 valence electrons. The van der Waals surface area contributed by atoms with Gasteiger partial charge in [-0.25, -0.2) is 13.2 Å². The van der Waals surface area contributed by atoms with Crippen molar-refractivity contribution in [3.05, 3.63) is 46.5 Å². The quantitative estimate of drug-likeness (QED) is 0.284. The van der Waals surface area contributed by atoms with Gasteiger partial charge in [0.15, 0.2) is 0 Å². The molecule has 0 spiro atoms. The summed E-state index contributed by atoms with van der Waals surface area (Å²) in [6.07, 6.45) is 10.6. The van der Waals surface area contributed by atoms with E-state index in [1.165, 1.54) is 16.7 Å². The van der Waals surface area contributed by atoms with Crippen molar-refractivity contribution >= 4 is 57.3 Å². The molecule has 4 fully saturated rings. The van der Waals surface area contributed by atoms with Crippen LogP contribution in [0.4, 0.5) is 4.79 Å². The highest BCUT2D eigenvalue weighted by atomic mass is 35.5. The van der Waals surface area contributed by atoms with Crippen LogP contribution in [0.1, 0.15) is 108 Å². The van der Waals surface area contributed by atoms with Gasteiger partial charge in [-0.05, 0) is 74.5 Å². The summed E-state index contributed by atoms with van der Waals surface area (Å²) in [6.45, 7) is 1.70. The highest BCUT2D eigenvalue weighted by Crippen LogP contribution is 2.46. The molecule has 3 aliphatic heterocycles. The van der Waals surface area contributed by atoms with E-state index < -0.39 is 80.7 Å². The Morgan fingerprint density at radius 1 is 0.982 bits per heavy atom. The number of hydrogen-bond donors (Lipinski definition) is 4. The number of nitrogens with one attached hydrogen (secondary N) is 4. The fourth-order valence-electron chi connectivity index (χ4n) is 8.92. The van der Waals surface area contributed by atoms with Crippen LogP contribution in [0.3, 0.4) is 0 Å². The monoisotopic (exact) mass is 828 g/mol. The molecule has 3 saturated carbocycles. The number of carbonyl (C=O) groups is 6. The molecule has 17 heteroatoms. The number of ether oxygens (including phenoxy) is 1. The molecule has 57 heavy (non-hydrogen) atoms. The molecular weight excluding hydrogens is 776 g/mol. The molecule has 3 aliphatic carbocycles. The molecule has 15 nitrogen and oxygen atoms in total. The van der Waals surface area contributed by atoms with Crippen LogP contribution in [-0.2, 0) is 51.8 Å². The summed E-state index contributed by atoms with van der Waals surface area (Å²) in [5.74, 6) is -3.47. The van der Waals surface area contributed by atoms with E-state index in [4.69, 9.17) is 16.3 Å². The smallest absolute Gasteiger partial charge is 0.410 e. The first-order chi connectivity index (χ1) is 27.3. The lowest BCUT2D eigenvalue weighted by atomic mass is 9.83. The molecule has 1 aromatic rings. The summed E-state index contributed by atoms with van der Waals surface area (Å²) < 4.78 is 33.9. The van der Waals surface area contributed by atoms with Crippen molar-refractivity contribution in [1.29, 1.82) is 0 Å². The molecule has 6 amide bonds. The zero-order valence-electron chi connectivity index (χ0n) is 32.3. The lowest BCUT2D eigenvalue weighted by Crippen LogP contribution is -2.59. The maximum atomic E-state index is 14.7. The zero-order chi connectivity index (χ0) is 40.5. The molecular formula is C40H53ClN6O9S. The van der Waals surface area contributed by atoms with Crippen LogP contribution in [-0.4, -0.2) is 95.4 Å². The number of carbonyl (C=O) groups excluding carboxylic acids is 6. The van der Waals surface area contributed by atoms with Crippen LogP contribution in [0.2, 0.25) is 5.02 Å². The van der Waals surface area contributed by atoms with Crippen molar-refractivity contribution in [1.82, 2.24) is 30.5 Å². The van der Waals surface area contributed by atoms with Crippen LogP contribution in [0.25, 0.3) is 0 Å². The van der Waals surface area contributed by atoms with Crippen molar-refractivity contribution in [2.45, 2.75) is 145 Å². The topological polar surface area (TPSA) is 200 Å². The number of allylic oxidation sites excluding steroid dienone is 1. The summed E-state index contributed by atoms with van der Waals surface area (Å²) in [6, 6.07) is 2.32. The number of amides is 6. The van der Waals surface area contributed by atoms with Gasteiger partial charge in [-0.15, -0.1) is 0 Å². The van der Waals surface area contributed by atoms with Crippen LogP contribution in [0.15, 0.2) is 30.4 Å². The molecule has 1 aromatic carbocycles. The number of sulfonamides is 1. The highest BCUT2D eigenvalue weighted by Gasteiger charge is 2.62. The van der Waals surface area contributed by atoms with E-state index in [1.807, 2.05) is 18.2 Å². The zero-order valence-corrected chi connectivity index (χ0v) is 33.9. The molecule has 7 rings (SSSR count). The van der Waals surface area contributed by atoms with Gasteiger partial charge in [0.1, 0.15) is 29.8 Å². The fraction of sp³-hybridized carbons (Fsp3) is 0.650. The minimum Gasteiger partial charge on any atom is -0.444 e. The van der Waals surface area contributed by atoms with Gasteiger partial charge in [-0.1, -0.05) is 68.0 Å². The Balaban J connectivity index is 1.15. The van der Waals surface area contributed by atoms with Crippen LogP contribution in [0, 0.1) is 11.8 Å². The molecule has 0 radical (unpaired) electrons. The maximum Gasteiger partial charge on any atom is 0.410 e. The lowest BCUT2D eigenvalue weighted by Gasteiger charge is -2.33. The Bertz CT molecular complexity index is 1920. The first-order valence-corrected chi connectivity index (χ1v) is 22.3. The van der Waals surface area contributed by atoms with E-state index in [2.05, 4.69) is 20.7 Å². The van der Waals surface area contributed by atoms with Gasteiger partial charge < -0.3 is 25.6 Å². The van der Waals surface area contributed by atoms with Crippen molar-refractivity contribution in [2.24, 2.45) is 11.8 Å². The van der Waals surface area contributed by atoms with Crippen LogP contribution in [0.5, 0.6) is 0 Å². The molecule has 6 aliphatic rings. The van der Waals surface area contributed by atoms with Gasteiger partial charge in [-0.3, -0.25) is 33.6 Å². The van der Waals surface area contributed by atoms with E-state index >= 15 is 0 Å². The maximum absolute atomic E-state index is 14.7. The number of rotatable bonds is 8. The third-order valence-electron chi connectivity index (χ3n) is 12.4. The molecule has 0 aromatic heterocycles. The summed E-state index contributed by atoms with van der Waals surface area (Å²) in [5.41, 5.74) is 0.145. The van der Waals surface area contributed by atoms with Crippen LogP contribution >= 0.6 is 11.6 Å². The Labute approximate surface area is 338 Å². The average Bonchev–Trinajstić information content (AvgIpc) is 4.06. The number of fused-ring (bicyclic) bond motifs is 3. The summed E-state index contributed by atoms with van der Waals surface area (Å²) in [4.78, 5) is 85.5. The minimum absolute atomic E-state index is 0.0925. The van der Waals surface area contributed by atoms with E-state index in [0.717, 1.165) is 56.1 Å². The van der Waals surface area contributed by atoms with Gasteiger partial charge in [-0.2, -0.15) is 0 Å².